The molecule has 1 heterocycles. The third-order valence-electron chi connectivity index (χ3n) is 1.59. The first-order chi connectivity index (χ1) is 5.59. The summed E-state index contributed by atoms with van der Waals surface area (Å²) in [6.45, 7) is 2.31. The van der Waals surface area contributed by atoms with Gasteiger partial charge in [0, 0.05) is 12.5 Å². The van der Waals surface area contributed by atoms with Gasteiger partial charge >= 0.3 is 0 Å². The van der Waals surface area contributed by atoms with Crippen LogP contribution in [0.1, 0.15) is 13.3 Å². The number of hydrogen-bond acceptors (Lipinski definition) is 3. The van der Waals surface area contributed by atoms with Gasteiger partial charge in [0.2, 0.25) is 11.9 Å². The molecule has 0 unspecified atom stereocenters. The second kappa shape index (κ2) is 4.88. The monoisotopic (exact) mass is 207 g/mol. The predicted molar refractivity (Wildman–Crippen MR) is 52.0 cm³/mol. The van der Waals surface area contributed by atoms with Gasteiger partial charge in [0.05, 0.1) is 6.67 Å². The Bertz CT molecular complexity index is 215. The first-order valence-electron chi connectivity index (χ1n) is 3.73. The number of guanidine groups is 1. The Morgan fingerprint density at radius 3 is 2.77 bits per heavy atom. The van der Waals surface area contributed by atoms with E-state index in [-0.39, 0.29) is 30.3 Å². The molecule has 0 aromatic carbocycles. The van der Waals surface area contributed by atoms with Gasteiger partial charge in [-0.3, -0.25) is 10.1 Å². The molecule has 1 rings (SSSR count). The fraction of sp³-hybridized carbons (Fsp3) is 0.667. The van der Waals surface area contributed by atoms with E-state index in [1.165, 1.54) is 5.01 Å². The topological polar surface area (TPSA) is 96.7 Å². The lowest BCUT2D eigenvalue weighted by molar-refractivity contribution is -0.134. The normalized spacial score (nSPS) is 22.1. The van der Waals surface area contributed by atoms with Crippen molar-refractivity contribution in [2.75, 3.05) is 6.67 Å². The molecule has 0 radical (unpaired) electrons. The van der Waals surface area contributed by atoms with Crippen LogP contribution in [0, 0.1) is 0 Å². The molecule has 0 aliphatic carbocycles. The molecular weight excluding hydrogens is 194 g/mol. The van der Waals surface area contributed by atoms with E-state index in [0.717, 1.165) is 0 Å². The van der Waals surface area contributed by atoms with Crippen molar-refractivity contribution in [3.8, 4) is 0 Å². The van der Waals surface area contributed by atoms with E-state index in [1.807, 2.05) is 6.92 Å². The highest BCUT2D eigenvalue weighted by Crippen LogP contribution is 2.04. The third kappa shape index (κ3) is 3.47. The molecule has 6 nitrogen and oxygen atoms in total. The molecule has 1 fully saturated rings. The molecule has 1 saturated heterocycles. The van der Waals surface area contributed by atoms with Gasteiger partial charge in [-0.1, -0.05) is 0 Å². The first kappa shape index (κ1) is 12.0. The molecule has 0 spiro atoms. The number of amides is 1. The minimum atomic E-state index is -0.0975. The van der Waals surface area contributed by atoms with Gasteiger partial charge in [0.1, 0.15) is 0 Å². The molecule has 13 heavy (non-hydrogen) atoms. The summed E-state index contributed by atoms with van der Waals surface area (Å²) in [6.07, 6.45) is 0.427. The summed E-state index contributed by atoms with van der Waals surface area (Å²) < 4.78 is 0. The Morgan fingerprint density at radius 1 is 1.69 bits per heavy atom. The number of nitrogens with two attached hydrogens (primary N) is 2. The van der Waals surface area contributed by atoms with Crippen molar-refractivity contribution in [1.82, 2.24) is 10.3 Å². The Morgan fingerprint density at radius 2 is 2.31 bits per heavy atom. The number of carbonyl (C=O) groups is 1. The molecular formula is C6H14ClN5O. The van der Waals surface area contributed by atoms with Crippen LogP contribution in [0.5, 0.6) is 0 Å². The van der Waals surface area contributed by atoms with E-state index in [9.17, 15) is 4.79 Å². The van der Waals surface area contributed by atoms with Crippen LogP contribution in [-0.4, -0.2) is 29.6 Å². The summed E-state index contributed by atoms with van der Waals surface area (Å²) in [4.78, 5) is 11.2. The lowest BCUT2D eigenvalue weighted by Crippen LogP contribution is -2.48. The number of hydrazone groups is 1. The number of carbonyl (C=O) groups excluding carboxylic acids is 1. The quantitative estimate of drug-likeness (QED) is 0.370. The molecule has 5 N–H and O–H groups in total. The zero-order valence-electron chi connectivity index (χ0n) is 7.36. The number of hydrogen-bond donors (Lipinski definition) is 3. The van der Waals surface area contributed by atoms with Crippen molar-refractivity contribution in [2.24, 2.45) is 16.6 Å². The SMILES string of the molecule is C[C@H]1CC(=O)N(N=C(N)N)CN1.Cl. The van der Waals surface area contributed by atoms with E-state index in [4.69, 9.17) is 11.5 Å². The van der Waals surface area contributed by atoms with Gasteiger partial charge in [0.25, 0.3) is 0 Å². The highest BCUT2D eigenvalue weighted by atomic mass is 35.5. The second-order valence-corrected chi connectivity index (χ2v) is 2.79. The number of rotatable bonds is 1. The molecule has 1 aliphatic rings. The van der Waals surface area contributed by atoms with Crippen LogP contribution in [-0.2, 0) is 4.79 Å². The van der Waals surface area contributed by atoms with Crippen LogP contribution in [0.15, 0.2) is 5.10 Å². The number of nitrogens with zero attached hydrogens (tertiary/aromatic N) is 2. The number of nitrogens with one attached hydrogen (secondary N) is 1. The Kier molecular flexibility index (Phi) is 4.50. The molecule has 1 aliphatic heterocycles. The lowest BCUT2D eigenvalue weighted by Gasteiger charge is -2.26. The second-order valence-electron chi connectivity index (χ2n) is 2.79. The predicted octanol–water partition coefficient (Wildman–Crippen LogP) is -1.24. The summed E-state index contributed by atoms with van der Waals surface area (Å²) in [5.41, 5.74) is 10.3. The van der Waals surface area contributed by atoms with E-state index in [2.05, 4.69) is 10.4 Å². The van der Waals surface area contributed by atoms with Gasteiger partial charge in [-0.25, -0.2) is 5.01 Å². The van der Waals surface area contributed by atoms with E-state index >= 15 is 0 Å². The minimum Gasteiger partial charge on any atom is -0.369 e. The van der Waals surface area contributed by atoms with Crippen molar-refractivity contribution in [2.45, 2.75) is 19.4 Å². The third-order valence-corrected chi connectivity index (χ3v) is 1.59. The molecule has 76 valence electrons. The smallest absolute Gasteiger partial charge is 0.245 e. The van der Waals surface area contributed by atoms with Crippen LogP contribution < -0.4 is 16.8 Å². The van der Waals surface area contributed by atoms with Crippen LogP contribution in [0.2, 0.25) is 0 Å². The van der Waals surface area contributed by atoms with E-state index in [1.54, 1.807) is 0 Å². The maximum atomic E-state index is 11.2. The maximum absolute atomic E-state index is 11.2. The zero-order chi connectivity index (χ0) is 9.14. The summed E-state index contributed by atoms with van der Waals surface area (Å²) in [5.74, 6) is -0.158. The van der Waals surface area contributed by atoms with Gasteiger partial charge < -0.3 is 11.5 Å². The lowest BCUT2D eigenvalue weighted by atomic mass is 10.2. The molecule has 0 bridgehead atoms. The standard InChI is InChI=1S/C6H13N5O.ClH/c1-4-2-5(12)11(3-9-4)10-6(7)8;/h4,9H,2-3H2,1H3,(H4,7,8,10);1H/t4-;/m0./s1. The Balaban J connectivity index is 0.00000144. The zero-order valence-corrected chi connectivity index (χ0v) is 8.17. The number of halogens is 1. The molecule has 1 atom stereocenters. The summed E-state index contributed by atoms with van der Waals surface area (Å²) >= 11 is 0. The minimum absolute atomic E-state index is 0. The summed E-state index contributed by atoms with van der Waals surface area (Å²) in [7, 11) is 0. The van der Waals surface area contributed by atoms with Gasteiger partial charge in [-0.05, 0) is 6.92 Å². The van der Waals surface area contributed by atoms with E-state index < -0.39 is 0 Å². The van der Waals surface area contributed by atoms with Crippen molar-refractivity contribution >= 4 is 24.3 Å². The molecule has 0 saturated carbocycles. The highest BCUT2D eigenvalue weighted by molar-refractivity contribution is 5.85. The molecule has 7 heteroatoms. The Labute approximate surface area is 82.7 Å². The van der Waals surface area contributed by atoms with Crippen molar-refractivity contribution < 1.29 is 4.79 Å². The van der Waals surface area contributed by atoms with Gasteiger partial charge in [-0.2, -0.15) is 0 Å². The maximum Gasteiger partial charge on any atom is 0.245 e. The summed E-state index contributed by atoms with van der Waals surface area (Å²) in [5, 5.41) is 7.93. The molecule has 0 aromatic heterocycles. The largest absolute Gasteiger partial charge is 0.369 e. The van der Waals surface area contributed by atoms with Crippen molar-refractivity contribution in [3.05, 3.63) is 0 Å². The van der Waals surface area contributed by atoms with Crippen molar-refractivity contribution in [3.63, 3.8) is 0 Å². The van der Waals surface area contributed by atoms with Crippen LogP contribution in [0.4, 0.5) is 0 Å². The molecule has 0 aromatic rings. The average molecular weight is 208 g/mol. The average Bonchev–Trinajstić information content (AvgIpc) is 1.94. The van der Waals surface area contributed by atoms with Gasteiger partial charge in [0.15, 0.2) is 0 Å². The first-order valence-corrected chi connectivity index (χ1v) is 3.73. The van der Waals surface area contributed by atoms with Crippen LogP contribution >= 0.6 is 12.4 Å². The fourth-order valence-corrected chi connectivity index (χ4v) is 1.00. The summed E-state index contributed by atoms with van der Waals surface area (Å²) in [6, 6.07) is 0.197. The van der Waals surface area contributed by atoms with E-state index in [0.29, 0.717) is 13.1 Å². The van der Waals surface area contributed by atoms with Crippen molar-refractivity contribution in [1.29, 1.82) is 0 Å². The van der Waals surface area contributed by atoms with Crippen LogP contribution in [0.25, 0.3) is 0 Å². The highest BCUT2D eigenvalue weighted by Gasteiger charge is 2.21. The Hall–Kier alpha value is -1.01. The van der Waals surface area contributed by atoms with Crippen LogP contribution in [0.3, 0.4) is 0 Å². The van der Waals surface area contributed by atoms with Gasteiger partial charge in [-0.15, -0.1) is 17.5 Å². The molecule has 1 amide bonds. The fourth-order valence-electron chi connectivity index (χ4n) is 1.00.